The Morgan fingerprint density at radius 2 is 2.00 bits per heavy atom. The third-order valence-corrected chi connectivity index (χ3v) is 3.12. The topological polar surface area (TPSA) is 53.1 Å². The van der Waals surface area contributed by atoms with Gasteiger partial charge in [0.2, 0.25) is 0 Å². The summed E-state index contributed by atoms with van der Waals surface area (Å²) < 4.78 is 0. The van der Waals surface area contributed by atoms with Crippen molar-refractivity contribution in [3.8, 4) is 0 Å². The lowest BCUT2D eigenvalue weighted by atomic mass is 10.1. The zero-order chi connectivity index (χ0) is 11.5. The van der Waals surface area contributed by atoms with Crippen LogP contribution in [0.4, 0.5) is 0 Å². The first kappa shape index (κ1) is 11.1. The number of rotatable bonds is 5. The van der Waals surface area contributed by atoms with E-state index in [2.05, 4.69) is 24.0 Å². The molecule has 3 N–H and O–H groups in total. The molecule has 0 radical (unpaired) electrons. The van der Waals surface area contributed by atoms with Gasteiger partial charge in [-0.05, 0) is 24.9 Å². The molecule has 1 saturated carbocycles. The van der Waals surface area contributed by atoms with Crippen molar-refractivity contribution in [2.24, 2.45) is 5.73 Å². The van der Waals surface area contributed by atoms with E-state index in [9.17, 15) is 0 Å². The highest BCUT2D eigenvalue weighted by Crippen LogP contribution is 2.27. The molecule has 0 atom stereocenters. The van der Waals surface area contributed by atoms with E-state index in [1.165, 1.54) is 18.4 Å². The van der Waals surface area contributed by atoms with E-state index in [-0.39, 0.29) is 5.84 Å². The average Bonchev–Trinajstić information content (AvgIpc) is 3.10. The van der Waals surface area contributed by atoms with Gasteiger partial charge in [-0.15, -0.1) is 0 Å². The third-order valence-electron chi connectivity index (χ3n) is 3.12. The van der Waals surface area contributed by atoms with Gasteiger partial charge in [-0.2, -0.15) is 0 Å². The summed E-state index contributed by atoms with van der Waals surface area (Å²) in [6.45, 7) is 4.33. The predicted molar refractivity (Wildman–Crippen MR) is 66.6 cm³/mol. The number of nitrogens with zero attached hydrogens (tertiary/aromatic N) is 1. The molecule has 1 aliphatic carbocycles. The van der Waals surface area contributed by atoms with Crippen molar-refractivity contribution in [2.45, 2.75) is 32.4 Å². The molecule has 16 heavy (non-hydrogen) atoms. The van der Waals surface area contributed by atoms with Crippen LogP contribution in [0.2, 0.25) is 0 Å². The first-order valence-corrected chi connectivity index (χ1v) is 5.88. The average molecular weight is 217 g/mol. The second-order valence-electron chi connectivity index (χ2n) is 4.40. The minimum Gasteiger partial charge on any atom is -0.384 e. The van der Waals surface area contributed by atoms with Gasteiger partial charge in [0.1, 0.15) is 5.84 Å². The molecule has 86 valence electrons. The van der Waals surface area contributed by atoms with Crippen molar-refractivity contribution < 1.29 is 0 Å². The van der Waals surface area contributed by atoms with Crippen LogP contribution in [-0.2, 0) is 6.54 Å². The maximum Gasteiger partial charge on any atom is 0.122 e. The van der Waals surface area contributed by atoms with Gasteiger partial charge >= 0.3 is 0 Å². The molecule has 0 bridgehead atoms. The lowest BCUT2D eigenvalue weighted by Crippen LogP contribution is -2.25. The molecule has 1 fully saturated rings. The Labute approximate surface area is 96.8 Å². The predicted octanol–water partition coefficient (Wildman–Crippen LogP) is 1.95. The molecule has 1 aromatic rings. The maximum absolute atomic E-state index is 7.33. The molecule has 1 aromatic carbocycles. The molecular weight excluding hydrogens is 198 g/mol. The van der Waals surface area contributed by atoms with Crippen LogP contribution in [0.3, 0.4) is 0 Å². The van der Waals surface area contributed by atoms with Gasteiger partial charge in [-0.1, -0.05) is 31.2 Å². The van der Waals surface area contributed by atoms with E-state index in [0.717, 1.165) is 24.7 Å². The van der Waals surface area contributed by atoms with Crippen molar-refractivity contribution in [3.63, 3.8) is 0 Å². The van der Waals surface area contributed by atoms with Crippen LogP contribution in [0, 0.1) is 5.41 Å². The minimum absolute atomic E-state index is 0.140. The van der Waals surface area contributed by atoms with Crippen LogP contribution in [0.15, 0.2) is 24.3 Å². The molecular formula is C13H19N3. The third kappa shape index (κ3) is 2.61. The molecule has 0 aromatic heterocycles. The Bertz CT molecular complexity index is 365. The van der Waals surface area contributed by atoms with Crippen LogP contribution in [-0.4, -0.2) is 23.3 Å². The molecule has 0 unspecified atom stereocenters. The Morgan fingerprint density at radius 1 is 1.38 bits per heavy atom. The van der Waals surface area contributed by atoms with Gasteiger partial charge in [0.25, 0.3) is 0 Å². The molecule has 0 heterocycles. The van der Waals surface area contributed by atoms with Gasteiger partial charge < -0.3 is 5.73 Å². The molecule has 0 saturated heterocycles. The first-order valence-electron chi connectivity index (χ1n) is 5.88. The van der Waals surface area contributed by atoms with Gasteiger partial charge in [-0.3, -0.25) is 10.3 Å². The molecule has 0 aliphatic heterocycles. The molecule has 2 rings (SSSR count). The van der Waals surface area contributed by atoms with E-state index >= 15 is 0 Å². The highest BCUT2D eigenvalue weighted by atomic mass is 15.2. The summed E-state index contributed by atoms with van der Waals surface area (Å²) in [6.07, 6.45) is 2.69. The fourth-order valence-electron chi connectivity index (χ4n) is 1.96. The van der Waals surface area contributed by atoms with Gasteiger partial charge in [0, 0.05) is 18.2 Å². The van der Waals surface area contributed by atoms with Gasteiger partial charge in [0.15, 0.2) is 0 Å². The van der Waals surface area contributed by atoms with Crippen LogP contribution in [0.5, 0.6) is 0 Å². The van der Waals surface area contributed by atoms with Crippen molar-refractivity contribution in [1.29, 1.82) is 5.41 Å². The van der Waals surface area contributed by atoms with Gasteiger partial charge in [-0.25, -0.2) is 0 Å². The fraction of sp³-hybridized carbons (Fsp3) is 0.462. The second-order valence-corrected chi connectivity index (χ2v) is 4.40. The number of nitrogen functional groups attached to an aromatic ring is 1. The number of hydrogen-bond acceptors (Lipinski definition) is 2. The number of amidine groups is 1. The molecule has 0 spiro atoms. The highest BCUT2D eigenvalue weighted by molar-refractivity contribution is 5.94. The van der Waals surface area contributed by atoms with Crippen molar-refractivity contribution in [1.82, 2.24) is 4.90 Å². The van der Waals surface area contributed by atoms with Crippen molar-refractivity contribution in [3.05, 3.63) is 35.4 Å². The van der Waals surface area contributed by atoms with Gasteiger partial charge in [0.05, 0.1) is 0 Å². The Hall–Kier alpha value is -1.35. The standard InChI is InChI=1S/C13H19N3/c1-2-16(12-7-8-12)9-10-3-5-11(6-4-10)13(14)15/h3-6,12H,2,7-9H2,1H3,(H3,14,15). The Balaban J connectivity index is 2.01. The summed E-state index contributed by atoms with van der Waals surface area (Å²) in [6, 6.07) is 8.80. The van der Waals surface area contributed by atoms with E-state index in [0.29, 0.717) is 0 Å². The Morgan fingerprint density at radius 3 is 2.44 bits per heavy atom. The summed E-state index contributed by atoms with van der Waals surface area (Å²) in [5, 5.41) is 7.33. The molecule has 3 nitrogen and oxygen atoms in total. The Kier molecular flexibility index (Phi) is 3.25. The van der Waals surface area contributed by atoms with E-state index < -0.39 is 0 Å². The number of hydrogen-bond donors (Lipinski definition) is 2. The van der Waals surface area contributed by atoms with Crippen LogP contribution in [0.25, 0.3) is 0 Å². The molecule has 3 heteroatoms. The number of nitrogens with two attached hydrogens (primary N) is 1. The second kappa shape index (κ2) is 4.66. The minimum atomic E-state index is 0.140. The number of nitrogens with one attached hydrogen (secondary N) is 1. The van der Waals surface area contributed by atoms with E-state index in [1.807, 2.05) is 12.1 Å². The first-order chi connectivity index (χ1) is 7.70. The summed E-state index contributed by atoms with van der Waals surface area (Å²) in [7, 11) is 0. The lowest BCUT2D eigenvalue weighted by molar-refractivity contribution is 0.269. The monoisotopic (exact) mass is 217 g/mol. The molecule has 0 amide bonds. The van der Waals surface area contributed by atoms with Crippen molar-refractivity contribution >= 4 is 5.84 Å². The summed E-state index contributed by atoms with van der Waals surface area (Å²) in [4.78, 5) is 2.50. The molecule has 1 aliphatic rings. The number of benzene rings is 1. The van der Waals surface area contributed by atoms with Crippen LogP contribution >= 0.6 is 0 Å². The van der Waals surface area contributed by atoms with Crippen molar-refractivity contribution in [2.75, 3.05) is 6.54 Å². The van der Waals surface area contributed by atoms with Crippen LogP contribution < -0.4 is 5.73 Å². The summed E-state index contributed by atoms with van der Waals surface area (Å²) in [5.74, 6) is 0.140. The SMILES string of the molecule is CCN(Cc1ccc(C(=N)N)cc1)C1CC1. The summed E-state index contributed by atoms with van der Waals surface area (Å²) in [5.41, 5.74) is 7.53. The largest absolute Gasteiger partial charge is 0.384 e. The zero-order valence-corrected chi connectivity index (χ0v) is 9.74. The maximum atomic E-state index is 7.33. The normalized spacial score (nSPS) is 15.4. The quantitative estimate of drug-likeness (QED) is 0.585. The smallest absolute Gasteiger partial charge is 0.122 e. The lowest BCUT2D eigenvalue weighted by Gasteiger charge is -2.19. The van der Waals surface area contributed by atoms with E-state index in [4.69, 9.17) is 11.1 Å². The van der Waals surface area contributed by atoms with E-state index in [1.54, 1.807) is 0 Å². The fourth-order valence-corrected chi connectivity index (χ4v) is 1.96. The zero-order valence-electron chi connectivity index (χ0n) is 9.74. The van der Waals surface area contributed by atoms with Crippen LogP contribution in [0.1, 0.15) is 30.9 Å². The summed E-state index contributed by atoms with van der Waals surface area (Å²) >= 11 is 0. The highest BCUT2D eigenvalue weighted by Gasteiger charge is 2.27.